The van der Waals surface area contributed by atoms with Crippen molar-refractivity contribution in [2.45, 2.75) is 12.6 Å². The first kappa shape index (κ1) is 16.7. The van der Waals surface area contributed by atoms with Crippen LogP contribution in [0.15, 0.2) is 35.8 Å². The van der Waals surface area contributed by atoms with Crippen molar-refractivity contribution in [3.8, 4) is 0 Å². The smallest absolute Gasteiger partial charge is 0.317 e. The zero-order valence-corrected chi connectivity index (χ0v) is 14.8. The summed E-state index contributed by atoms with van der Waals surface area (Å²) in [4.78, 5) is 21.8. The normalized spacial score (nSPS) is 17.6. The van der Waals surface area contributed by atoms with Gasteiger partial charge in [0.25, 0.3) is 0 Å². The molecule has 0 spiro atoms. The molecule has 2 amide bonds. The summed E-state index contributed by atoms with van der Waals surface area (Å²) in [6.45, 7) is 2.22. The van der Waals surface area contributed by atoms with Crippen LogP contribution >= 0.6 is 11.3 Å². The lowest BCUT2D eigenvalue weighted by Crippen LogP contribution is -2.46. The average molecular weight is 346 g/mol. The van der Waals surface area contributed by atoms with Crippen molar-refractivity contribution >= 4 is 23.2 Å². The number of hydrogen-bond acceptors (Lipinski definition) is 5. The molecular weight excluding hydrogens is 324 g/mol. The summed E-state index contributed by atoms with van der Waals surface area (Å²) in [5.74, 6) is 0.872. The summed E-state index contributed by atoms with van der Waals surface area (Å²) in [5.41, 5.74) is 0.999. The molecule has 0 saturated carbocycles. The number of aromatic nitrogens is 1. The number of urea groups is 1. The monoisotopic (exact) mass is 346 g/mol. The minimum Gasteiger partial charge on any atom is -0.369 e. The second kappa shape index (κ2) is 7.63. The van der Waals surface area contributed by atoms with Crippen molar-refractivity contribution < 1.29 is 9.53 Å². The van der Waals surface area contributed by atoms with Crippen LogP contribution in [0.1, 0.15) is 16.5 Å². The van der Waals surface area contributed by atoms with E-state index >= 15 is 0 Å². The molecule has 1 aliphatic rings. The Balaban J connectivity index is 1.59. The molecule has 6 nitrogen and oxygen atoms in total. The quantitative estimate of drug-likeness (QED) is 0.924. The fraction of sp³-hybridized carbons (Fsp3) is 0.412. The molecule has 24 heavy (non-hydrogen) atoms. The molecule has 3 heterocycles. The van der Waals surface area contributed by atoms with Gasteiger partial charge in [-0.3, -0.25) is 0 Å². The Kier molecular flexibility index (Phi) is 5.32. The van der Waals surface area contributed by atoms with Crippen LogP contribution in [0.3, 0.4) is 0 Å². The number of hydrogen-bond donors (Lipinski definition) is 1. The largest absolute Gasteiger partial charge is 0.369 e. The van der Waals surface area contributed by atoms with Crippen LogP contribution in [0, 0.1) is 0 Å². The Hall–Kier alpha value is -2.12. The lowest BCUT2D eigenvalue weighted by molar-refractivity contribution is -0.0136. The summed E-state index contributed by atoms with van der Waals surface area (Å²) in [7, 11) is 3.89. The zero-order chi connectivity index (χ0) is 16.9. The highest BCUT2D eigenvalue weighted by molar-refractivity contribution is 7.10. The van der Waals surface area contributed by atoms with Gasteiger partial charge in [0.2, 0.25) is 0 Å². The molecule has 1 fully saturated rings. The number of amides is 2. The number of carbonyl (C=O) groups excluding carboxylic acids is 1. The Labute approximate surface area is 146 Å². The van der Waals surface area contributed by atoms with Gasteiger partial charge in [0, 0.05) is 43.8 Å². The lowest BCUT2D eigenvalue weighted by Gasteiger charge is -2.32. The van der Waals surface area contributed by atoms with E-state index < -0.39 is 0 Å². The predicted octanol–water partition coefficient (Wildman–Crippen LogP) is 2.49. The van der Waals surface area contributed by atoms with Gasteiger partial charge in [0.1, 0.15) is 11.9 Å². The second-order valence-corrected chi connectivity index (χ2v) is 6.84. The van der Waals surface area contributed by atoms with Gasteiger partial charge in [0.05, 0.1) is 13.2 Å². The SMILES string of the molecule is CN(C)c1ncccc1CNC(=O)N1CCOC(c2cccs2)C1. The van der Waals surface area contributed by atoms with E-state index in [2.05, 4.69) is 16.4 Å². The Morgan fingerprint density at radius 2 is 2.33 bits per heavy atom. The summed E-state index contributed by atoms with van der Waals surface area (Å²) < 4.78 is 5.79. The Bertz CT molecular complexity index is 675. The molecule has 0 aliphatic carbocycles. The highest BCUT2D eigenvalue weighted by atomic mass is 32.1. The minimum absolute atomic E-state index is 0.0276. The number of nitrogens with one attached hydrogen (secondary N) is 1. The van der Waals surface area contributed by atoms with E-state index in [1.54, 1.807) is 17.5 Å². The third-order valence-electron chi connectivity index (χ3n) is 3.94. The van der Waals surface area contributed by atoms with E-state index in [9.17, 15) is 4.79 Å². The predicted molar refractivity (Wildman–Crippen MR) is 95.4 cm³/mol. The van der Waals surface area contributed by atoms with Crippen LogP contribution in [-0.4, -0.2) is 49.7 Å². The molecule has 1 N–H and O–H groups in total. The molecule has 0 radical (unpaired) electrons. The molecule has 128 valence electrons. The van der Waals surface area contributed by atoms with E-state index in [0.29, 0.717) is 26.2 Å². The molecular formula is C17H22N4O2S. The maximum absolute atomic E-state index is 12.5. The highest BCUT2D eigenvalue weighted by Crippen LogP contribution is 2.26. The molecule has 2 aromatic rings. The van der Waals surface area contributed by atoms with Crippen LogP contribution < -0.4 is 10.2 Å². The second-order valence-electron chi connectivity index (χ2n) is 5.86. The van der Waals surface area contributed by atoms with Gasteiger partial charge >= 0.3 is 6.03 Å². The fourth-order valence-corrected chi connectivity index (χ4v) is 3.50. The van der Waals surface area contributed by atoms with Crippen LogP contribution in [0.2, 0.25) is 0 Å². The first-order chi connectivity index (χ1) is 11.6. The van der Waals surface area contributed by atoms with E-state index in [0.717, 1.165) is 16.3 Å². The number of carbonyl (C=O) groups is 1. The Morgan fingerprint density at radius 1 is 1.46 bits per heavy atom. The highest BCUT2D eigenvalue weighted by Gasteiger charge is 2.26. The van der Waals surface area contributed by atoms with Gasteiger partial charge in [-0.1, -0.05) is 12.1 Å². The van der Waals surface area contributed by atoms with E-state index in [-0.39, 0.29) is 12.1 Å². The van der Waals surface area contributed by atoms with Crippen molar-refractivity contribution in [2.24, 2.45) is 0 Å². The van der Waals surface area contributed by atoms with Gasteiger partial charge < -0.3 is 19.9 Å². The van der Waals surface area contributed by atoms with E-state index in [1.165, 1.54) is 0 Å². The topological polar surface area (TPSA) is 57.7 Å². The number of thiophene rings is 1. The summed E-state index contributed by atoms with van der Waals surface area (Å²) >= 11 is 1.66. The van der Waals surface area contributed by atoms with Crippen LogP contribution in [0.25, 0.3) is 0 Å². The van der Waals surface area contributed by atoms with E-state index in [1.807, 2.05) is 47.5 Å². The molecule has 1 saturated heterocycles. The minimum atomic E-state index is -0.0617. The molecule has 1 atom stereocenters. The maximum atomic E-state index is 12.5. The first-order valence-corrected chi connectivity index (χ1v) is 8.82. The number of anilines is 1. The standard InChI is InChI=1S/C17H22N4O2S/c1-20(2)16-13(5-3-7-18-16)11-19-17(22)21-8-9-23-14(12-21)15-6-4-10-24-15/h3-7,10,14H,8-9,11-12H2,1-2H3,(H,19,22). The van der Waals surface area contributed by atoms with Gasteiger partial charge in [0.15, 0.2) is 0 Å². The van der Waals surface area contributed by atoms with Crippen LogP contribution in [0.4, 0.5) is 10.6 Å². The number of morpholine rings is 1. The van der Waals surface area contributed by atoms with Crippen molar-refractivity contribution in [3.05, 3.63) is 46.3 Å². The first-order valence-electron chi connectivity index (χ1n) is 7.94. The van der Waals surface area contributed by atoms with Crippen molar-refractivity contribution in [2.75, 3.05) is 38.7 Å². The van der Waals surface area contributed by atoms with Gasteiger partial charge in [-0.25, -0.2) is 9.78 Å². The number of ether oxygens (including phenoxy) is 1. The van der Waals surface area contributed by atoms with Gasteiger partial charge in [-0.2, -0.15) is 0 Å². The van der Waals surface area contributed by atoms with Gasteiger partial charge in [-0.05, 0) is 17.5 Å². The zero-order valence-electron chi connectivity index (χ0n) is 13.9. The average Bonchev–Trinajstić information content (AvgIpc) is 3.14. The fourth-order valence-electron chi connectivity index (χ4n) is 2.73. The van der Waals surface area contributed by atoms with Crippen LogP contribution in [0.5, 0.6) is 0 Å². The molecule has 2 aromatic heterocycles. The third kappa shape index (κ3) is 3.85. The number of rotatable bonds is 4. The summed E-state index contributed by atoms with van der Waals surface area (Å²) in [6, 6.07) is 7.86. The summed E-state index contributed by atoms with van der Waals surface area (Å²) in [6.07, 6.45) is 1.73. The van der Waals surface area contributed by atoms with Crippen LogP contribution in [-0.2, 0) is 11.3 Å². The van der Waals surface area contributed by atoms with E-state index in [4.69, 9.17) is 4.74 Å². The summed E-state index contributed by atoms with van der Waals surface area (Å²) in [5, 5.41) is 5.03. The maximum Gasteiger partial charge on any atom is 0.317 e. The number of pyridine rings is 1. The number of nitrogens with zero attached hydrogens (tertiary/aromatic N) is 3. The van der Waals surface area contributed by atoms with Crippen molar-refractivity contribution in [3.63, 3.8) is 0 Å². The molecule has 3 rings (SSSR count). The lowest BCUT2D eigenvalue weighted by atomic mass is 10.2. The molecule has 1 aliphatic heterocycles. The third-order valence-corrected chi connectivity index (χ3v) is 4.90. The molecule has 7 heteroatoms. The Morgan fingerprint density at radius 3 is 3.08 bits per heavy atom. The van der Waals surface area contributed by atoms with Crippen molar-refractivity contribution in [1.82, 2.24) is 15.2 Å². The van der Waals surface area contributed by atoms with Crippen molar-refractivity contribution in [1.29, 1.82) is 0 Å². The molecule has 0 bridgehead atoms. The molecule has 0 aromatic carbocycles. The van der Waals surface area contributed by atoms with Gasteiger partial charge in [-0.15, -0.1) is 11.3 Å². The molecule has 1 unspecified atom stereocenters.